The topological polar surface area (TPSA) is 91.3 Å². The van der Waals surface area contributed by atoms with E-state index in [4.69, 9.17) is 24.0 Å². The van der Waals surface area contributed by atoms with Crippen LogP contribution in [0, 0.1) is 23.7 Å². The Bertz CT molecular complexity index is 1440. The molecule has 1 aromatic carbocycles. The highest BCUT2D eigenvalue weighted by molar-refractivity contribution is 5.86. The number of nitrogens with one attached hydrogen (secondary N) is 1. The van der Waals surface area contributed by atoms with Crippen molar-refractivity contribution in [1.29, 1.82) is 0 Å². The minimum atomic E-state index is -4.93. The number of methoxy groups -OCH3 is 1. The van der Waals surface area contributed by atoms with Crippen LogP contribution in [0.15, 0.2) is 24.3 Å². The van der Waals surface area contributed by atoms with Crippen LogP contribution in [-0.2, 0) is 36.3 Å². The van der Waals surface area contributed by atoms with Crippen molar-refractivity contribution in [2.24, 2.45) is 23.7 Å². The minimum absolute atomic E-state index is 0.132. The van der Waals surface area contributed by atoms with Crippen molar-refractivity contribution in [2.45, 2.75) is 114 Å². The van der Waals surface area contributed by atoms with Gasteiger partial charge in [0, 0.05) is 36.8 Å². The lowest BCUT2D eigenvalue weighted by atomic mass is 9.58. The van der Waals surface area contributed by atoms with Crippen LogP contribution < -0.4 is 5.32 Å². The van der Waals surface area contributed by atoms with E-state index < -0.39 is 59.0 Å². The predicted octanol–water partition coefficient (Wildman–Crippen LogP) is 7.29. The molecule has 1 aliphatic carbocycles. The van der Waals surface area contributed by atoms with E-state index in [1.807, 2.05) is 6.92 Å². The highest BCUT2D eigenvalue weighted by Gasteiger charge is 2.69. The van der Waals surface area contributed by atoms with E-state index in [-0.39, 0.29) is 23.2 Å². The number of rotatable bonds is 3. The van der Waals surface area contributed by atoms with Gasteiger partial charge in [-0.1, -0.05) is 32.4 Å². The average molecular weight is 677 g/mol. The molecular formula is C33H42F6N2O6. The van der Waals surface area contributed by atoms with Gasteiger partial charge in [0.25, 0.3) is 0 Å². The summed E-state index contributed by atoms with van der Waals surface area (Å²) in [7, 11) is 1.70. The Balaban J connectivity index is 0.000000168. The largest absolute Gasteiger partial charge is 0.433 e. The number of piperidine rings is 1. The maximum Gasteiger partial charge on any atom is 0.433 e. The highest BCUT2D eigenvalue weighted by Crippen LogP contribution is 2.60. The van der Waals surface area contributed by atoms with Crippen molar-refractivity contribution in [1.82, 2.24) is 10.3 Å². The molecule has 10 atom stereocenters. The lowest BCUT2D eigenvalue weighted by molar-refractivity contribution is -0.577. The quantitative estimate of drug-likeness (QED) is 0.259. The first-order valence-corrected chi connectivity index (χ1v) is 16.3. The predicted molar refractivity (Wildman–Crippen MR) is 156 cm³/mol. The number of aromatic nitrogens is 1. The summed E-state index contributed by atoms with van der Waals surface area (Å²) in [6.45, 7) is 7.05. The Labute approximate surface area is 269 Å². The molecule has 47 heavy (non-hydrogen) atoms. The van der Waals surface area contributed by atoms with Gasteiger partial charge in [-0.2, -0.15) is 26.3 Å². The third kappa shape index (κ3) is 6.28. The molecule has 1 unspecified atom stereocenters. The van der Waals surface area contributed by atoms with Gasteiger partial charge in [0.05, 0.1) is 17.2 Å². The number of hydrogen-bond acceptors (Lipinski definition) is 8. The molecule has 14 heteroatoms. The summed E-state index contributed by atoms with van der Waals surface area (Å²) < 4.78 is 97.2. The van der Waals surface area contributed by atoms with E-state index >= 15 is 0 Å². The first-order valence-electron chi connectivity index (χ1n) is 16.3. The summed E-state index contributed by atoms with van der Waals surface area (Å²) >= 11 is 0. The monoisotopic (exact) mass is 676 g/mol. The third-order valence-electron chi connectivity index (χ3n) is 10.8. The summed E-state index contributed by atoms with van der Waals surface area (Å²) in [6.07, 6.45) is -5.36. The molecular weight excluding hydrogens is 634 g/mol. The van der Waals surface area contributed by atoms with Crippen LogP contribution in [0.5, 0.6) is 0 Å². The normalized spacial score (nSPS) is 37.8. The van der Waals surface area contributed by atoms with E-state index in [1.54, 1.807) is 7.11 Å². The maximum absolute atomic E-state index is 13.2. The minimum Gasteiger partial charge on any atom is -0.387 e. The number of hydrogen-bond donors (Lipinski definition) is 2. The molecule has 1 aromatic heterocycles. The molecule has 8 nitrogen and oxygen atoms in total. The molecule has 6 fully saturated rings. The average Bonchev–Trinajstić information content (AvgIpc) is 3.27. The van der Waals surface area contributed by atoms with Crippen molar-refractivity contribution in [3.63, 3.8) is 0 Å². The van der Waals surface area contributed by atoms with Crippen molar-refractivity contribution in [2.75, 3.05) is 13.7 Å². The molecule has 1 saturated carbocycles. The zero-order valence-electron chi connectivity index (χ0n) is 26.8. The molecule has 6 heterocycles. The number of alkyl halides is 6. The fourth-order valence-electron chi connectivity index (χ4n) is 8.40. The Kier molecular flexibility index (Phi) is 9.38. The molecule has 2 aromatic rings. The number of para-hydroxylation sites is 1. The van der Waals surface area contributed by atoms with Crippen LogP contribution in [-0.4, -0.2) is 53.8 Å². The molecule has 6 aliphatic rings. The SMILES string of the molecule is CO[C@H]1O[C@@H]2OC3(C)CC[C@H]4[C@H](C)CC[C@@H]([C@H]1C)[C@@]24OO3.O[C@@H](c1cc(C(F)(F)F)nc2c(C(F)(F)F)cccc12)[C@H]1CCCCN1. The molecule has 0 amide bonds. The first-order chi connectivity index (χ1) is 22.1. The summed E-state index contributed by atoms with van der Waals surface area (Å²) in [6, 6.07) is 3.16. The molecule has 2 bridgehead atoms. The zero-order valence-corrected chi connectivity index (χ0v) is 26.8. The van der Waals surface area contributed by atoms with Gasteiger partial charge in [0.1, 0.15) is 5.69 Å². The molecule has 2 N–H and O–H groups in total. The van der Waals surface area contributed by atoms with Crippen LogP contribution in [0.3, 0.4) is 0 Å². The van der Waals surface area contributed by atoms with Gasteiger partial charge in [-0.3, -0.25) is 0 Å². The summed E-state index contributed by atoms with van der Waals surface area (Å²) in [5.74, 6) is 0.953. The van der Waals surface area contributed by atoms with Crippen LogP contribution in [0.2, 0.25) is 0 Å². The van der Waals surface area contributed by atoms with E-state index in [0.29, 0.717) is 42.9 Å². The zero-order chi connectivity index (χ0) is 33.9. The smallest absolute Gasteiger partial charge is 0.387 e. The number of benzene rings is 1. The van der Waals surface area contributed by atoms with Crippen molar-refractivity contribution in [3.05, 3.63) is 41.1 Å². The number of ether oxygens (including phenoxy) is 3. The third-order valence-corrected chi connectivity index (χ3v) is 10.8. The fraction of sp³-hybridized carbons (Fsp3) is 0.727. The van der Waals surface area contributed by atoms with E-state index in [1.165, 1.54) is 12.5 Å². The van der Waals surface area contributed by atoms with Crippen LogP contribution in [0.1, 0.15) is 88.6 Å². The second-order valence-electron chi connectivity index (χ2n) is 13.8. The molecule has 5 saturated heterocycles. The van der Waals surface area contributed by atoms with Crippen LogP contribution >= 0.6 is 0 Å². The van der Waals surface area contributed by atoms with Crippen LogP contribution in [0.4, 0.5) is 26.3 Å². The lowest BCUT2D eigenvalue weighted by Crippen LogP contribution is -2.70. The van der Waals surface area contributed by atoms with E-state index in [9.17, 15) is 31.4 Å². The molecule has 262 valence electrons. The van der Waals surface area contributed by atoms with Gasteiger partial charge < -0.3 is 24.6 Å². The summed E-state index contributed by atoms with van der Waals surface area (Å²) in [4.78, 5) is 15.0. The molecule has 8 rings (SSSR count). The molecule has 1 spiro atoms. The summed E-state index contributed by atoms with van der Waals surface area (Å²) in [5.41, 5.74) is -4.19. The van der Waals surface area contributed by atoms with Gasteiger partial charge >= 0.3 is 12.4 Å². The van der Waals surface area contributed by atoms with Crippen molar-refractivity contribution >= 4 is 10.9 Å². The fourth-order valence-corrected chi connectivity index (χ4v) is 8.40. The second-order valence-corrected chi connectivity index (χ2v) is 13.8. The van der Waals surface area contributed by atoms with Gasteiger partial charge in [-0.05, 0) is 75.1 Å². The lowest BCUT2D eigenvalue weighted by Gasteiger charge is -2.60. The van der Waals surface area contributed by atoms with Gasteiger partial charge in [0.15, 0.2) is 18.2 Å². The van der Waals surface area contributed by atoms with Crippen molar-refractivity contribution in [3.8, 4) is 0 Å². The van der Waals surface area contributed by atoms with Crippen molar-refractivity contribution < 1.29 is 55.4 Å². The van der Waals surface area contributed by atoms with Gasteiger partial charge in [-0.15, -0.1) is 0 Å². The molecule has 0 radical (unpaired) electrons. The summed E-state index contributed by atoms with van der Waals surface area (Å²) in [5, 5.41) is 13.5. The first kappa shape index (κ1) is 34.8. The number of fused-ring (bicyclic) bond motifs is 3. The Morgan fingerprint density at radius 2 is 1.77 bits per heavy atom. The number of halogens is 6. The van der Waals surface area contributed by atoms with Gasteiger partial charge in [0.2, 0.25) is 5.79 Å². The number of aliphatic hydroxyl groups is 1. The number of pyridine rings is 1. The maximum atomic E-state index is 13.2. The number of nitrogens with zero attached hydrogens (tertiary/aromatic N) is 1. The standard InChI is InChI=1S/C17H16F6N2O.C16H26O5/c18-16(19,20)11-5-3-4-9-10(15(26)12-6-1-2-7-24-12)8-13(17(21,22)23)25-14(9)11;1-9-5-6-12-10(2)13(17-4)18-14-16(12)11(9)7-8-15(3,19-14)20-21-16/h3-5,8,12,15,24,26H,1-2,6-7H2;9-14H,5-8H2,1-4H3/t12-,15+;9-,10-,11+,12+,13+,14-,15?,16-/m11/s1. The Hall–Kier alpha value is -2.07. The van der Waals surface area contributed by atoms with Crippen LogP contribution in [0.25, 0.3) is 10.9 Å². The van der Waals surface area contributed by atoms with E-state index in [0.717, 1.165) is 38.2 Å². The second kappa shape index (κ2) is 12.7. The Morgan fingerprint density at radius 3 is 2.43 bits per heavy atom. The molecule has 5 aliphatic heterocycles. The highest BCUT2D eigenvalue weighted by atomic mass is 19.4. The van der Waals surface area contributed by atoms with Gasteiger partial charge in [-0.25, -0.2) is 14.8 Å². The number of aliphatic hydroxyl groups excluding tert-OH is 1. The van der Waals surface area contributed by atoms with E-state index in [2.05, 4.69) is 24.1 Å². The Morgan fingerprint density at radius 1 is 1.00 bits per heavy atom.